The predicted octanol–water partition coefficient (Wildman–Crippen LogP) is 1.87. The largest absolute Gasteiger partial charge is 0.496 e. The van der Waals surface area contributed by atoms with E-state index in [1.165, 1.54) is 32.8 Å². The maximum atomic E-state index is 11.9. The van der Waals surface area contributed by atoms with E-state index in [1.807, 2.05) is 0 Å². The minimum Gasteiger partial charge on any atom is -0.496 e. The van der Waals surface area contributed by atoms with Crippen LogP contribution in [0.25, 0.3) is 0 Å². The van der Waals surface area contributed by atoms with Crippen molar-refractivity contribution in [2.24, 2.45) is 5.10 Å². The highest BCUT2D eigenvalue weighted by molar-refractivity contribution is 5.95. The summed E-state index contributed by atoms with van der Waals surface area (Å²) >= 11 is 0. The third kappa shape index (κ3) is 3.97. The summed E-state index contributed by atoms with van der Waals surface area (Å²) in [7, 11) is 4.62. The Morgan fingerprint density at radius 3 is 2.26 bits per heavy atom. The van der Waals surface area contributed by atoms with Crippen LogP contribution in [0.5, 0.6) is 17.2 Å². The van der Waals surface area contributed by atoms with E-state index in [4.69, 9.17) is 14.2 Å². The third-order valence-electron chi connectivity index (χ3n) is 3.05. The number of methoxy groups -OCH3 is 3. The topological polar surface area (TPSA) is 82.0 Å². The van der Waals surface area contributed by atoms with Gasteiger partial charge in [-0.2, -0.15) is 5.10 Å². The molecule has 7 heteroatoms. The predicted molar refractivity (Wildman–Crippen MR) is 85.4 cm³/mol. The molecule has 0 bridgehead atoms. The number of amides is 1. The SMILES string of the molecule is COc1cc(OC)c(OC)cc1/C=N\NC(=O)c1ccncc1. The first-order chi connectivity index (χ1) is 11.2. The zero-order valence-corrected chi connectivity index (χ0v) is 13.1. The summed E-state index contributed by atoms with van der Waals surface area (Å²) in [4.78, 5) is 15.7. The fourth-order valence-corrected chi connectivity index (χ4v) is 1.88. The number of nitrogens with one attached hydrogen (secondary N) is 1. The molecule has 0 aliphatic heterocycles. The van der Waals surface area contributed by atoms with Gasteiger partial charge in [-0.3, -0.25) is 9.78 Å². The van der Waals surface area contributed by atoms with Crippen LogP contribution in [0.15, 0.2) is 41.8 Å². The normalized spacial score (nSPS) is 10.4. The van der Waals surface area contributed by atoms with Gasteiger partial charge in [-0.1, -0.05) is 0 Å². The van der Waals surface area contributed by atoms with E-state index in [2.05, 4.69) is 15.5 Å². The molecule has 1 heterocycles. The summed E-state index contributed by atoms with van der Waals surface area (Å²) in [5, 5.41) is 3.94. The average Bonchev–Trinajstić information content (AvgIpc) is 2.61. The van der Waals surface area contributed by atoms with Crippen LogP contribution in [-0.2, 0) is 0 Å². The van der Waals surface area contributed by atoms with Crippen LogP contribution in [0.2, 0.25) is 0 Å². The Hall–Kier alpha value is -3.09. The van der Waals surface area contributed by atoms with Crippen molar-refractivity contribution < 1.29 is 19.0 Å². The highest BCUT2D eigenvalue weighted by Crippen LogP contribution is 2.33. The Bertz CT molecular complexity index is 702. The zero-order valence-electron chi connectivity index (χ0n) is 13.1. The Balaban J connectivity index is 2.17. The van der Waals surface area contributed by atoms with Crippen molar-refractivity contribution in [1.29, 1.82) is 0 Å². The summed E-state index contributed by atoms with van der Waals surface area (Å²) in [6.07, 6.45) is 4.55. The van der Waals surface area contributed by atoms with Gasteiger partial charge in [0.15, 0.2) is 11.5 Å². The molecule has 1 aromatic carbocycles. The van der Waals surface area contributed by atoms with Gasteiger partial charge in [0.05, 0.1) is 27.5 Å². The third-order valence-corrected chi connectivity index (χ3v) is 3.05. The molecular formula is C16H17N3O4. The van der Waals surface area contributed by atoms with Gasteiger partial charge < -0.3 is 14.2 Å². The van der Waals surface area contributed by atoms with E-state index in [9.17, 15) is 4.79 Å². The Labute approximate surface area is 133 Å². The number of pyridine rings is 1. The molecule has 0 fully saturated rings. The number of benzene rings is 1. The minimum atomic E-state index is -0.330. The highest BCUT2D eigenvalue weighted by Gasteiger charge is 2.10. The minimum absolute atomic E-state index is 0.330. The standard InChI is InChI=1S/C16H17N3O4/c1-21-13-9-15(23-3)14(22-2)8-12(13)10-18-19-16(20)11-4-6-17-7-5-11/h4-10H,1-3H3,(H,19,20)/b18-10-. The van der Waals surface area contributed by atoms with Gasteiger partial charge in [0.2, 0.25) is 0 Å². The van der Waals surface area contributed by atoms with Crippen LogP contribution in [-0.4, -0.2) is 38.4 Å². The summed E-state index contributed by atoms with van der Waals surface area (Å²) in [5.74, 6) is 1.30. The maximum absolute atomic E-state index is 11.9. The van der Waals surface area contributed by atoms with Crippen molar-refractivity contribution in [1.82, 2.24) is 10.4 Å². The van der Waals surface area contributed by atoms with Crippen LogP contribution in [0.1, 0.15) is 15.9 Å². The quantitative estimate of drug-likeness (QED) is 0.650. The molecule has 2 aromatic rings. The van der Waals surface area contributed by atoms with Gasteiger partial charge in [0.1, 0.15) is 5.75 Å². The van der Waals surface area contributed by atoms with E-state index in [0.717, 1.165) is 0 Å². The molecule has 120 valence electrons. The second-order valence-corrected chi connectivity index (χ2v) is 4.38. The molecule has 1 N–H and O–H groups in total. The number of hydrazone groups is 1. The first-order valence-electron chi connectivity index (χ1n) is 6.73. The summed E-state index contributed by atoms with van der Waals surface area (Å²) < 4.78 is 15.7. The van der Waals surface area contributed by atoms with Crippen LogP contribution in [0.4, 0.5) is 0 Å². The lowest BCUT2D eigenvalue weighted by Gasteiger charge is -2.11. The van der Waals surface area contributed by atoms with Gasteiger partial charge in [0, 0.05) is 29.6 Å². The number of hydrogen-bond donors (Lipinski definition) is 1. The molecule has 0 atom stereocenters. The van der Waals surface area contributed by atoms with Crippen LogP contribution >= 0.6 is 0 Å². The summed E-state index contributed by atoms with van der Waals surface area (Å²) in [6.45, 7) is 0. The number of hydrogen-bond acceptors (Lipinski definition) is 6. The smallest absolute Gasteiger partial charge is 0.271 e. The lowest BCUT2D eigenvalue weighted by Crippen LogP contribution is -2.17. The number of ether oxygens (including phenoxy) is 3. The van der Waals surface area contributed by atoms with E-state index in [1.54, 1.807) is 31.4 Å². The molecule has 0 saturated carbocycles. The van der Waals surface area contributed by atoms with Crippen molar-refractivity contribution in [2.45, 2.75) is 0 Å². The van der Waals surface area contributed by atoms with Crippen molar-refractivity contribution in [2.75, 3.05) is 21.3 Å². The van der Waals surface area contributed by atoms with Gasteiger partial charge >= 0.3 is 0 Å². The lowest BCUT2D eigenvalue weighted by molar-refractivity contribution is 0.0955. The Morgan fingerprint density at radius 1 is 1.04 bits per heavy atom. The number of rotatable bonds is 6. The van der Waals surface area contributed by atoms with Crippen LogP contribution in [0, 0.1) is 0 Å². The molecule has 0 aliphatic rings. The van der Waals surface area contributed by atoms with E-state index in [-0.39, 0.29) is 5.91 Å². The van der Waals surface area contributed by atoms with Gasteiger partial charge in [-0.15, -0.1) is 0 Å². The average molecular weight is 315 g/mol. The monoisotopic (exact) mass is 315 g/mol. The van der Waals surface area contributed by atoms with E-state index < -0.39 is 0 Å². The molecule has 0 saturated heterocycles. The molecule has 0 radical (unpaired) electrons. The molecule has 0 aliphatic carbocycles. The van der Waals surface area contributed by atoms with E-state index >= 15 is 0 Å². The lowest BCUT2D eigenvalue weighted by atomic mass is 10.2. The number of carbonyl (C=O) groups excluding carboxylic acids is 1. The molecule has 2 rings (SSSR count). The molecular weight excluding hydrogens is 298 g/mol. The second kappa shape index (κ2) is 7.79. The zero-order chi connectivity index (χ0) is 16.7. The number of aromatic nitrogens is 1. The van der Waals surface area contributed by atoms with Gasteiger partial charge in [-0.05, 0) is 18.2 Å². The fraction of sp³-hybridized carbons (Fsp3) is 0.188. The molecule has 1 amide bonds. The number of nitrogens with zero attached hydrogens (tertiary/aromatic N) is 2. The highest BCUT2D eigenvalue weighted by atomic mass is 16.5. The van der Waals surface area contributed by atoms with Crippen molar-refractivity contribution >= 4 is 12.1 Å². The Kier molecular flexibility index (Phi) is 5.51. The van der Waals surface area contributed by atoms with Gasteiger partial charge in [0.25, 0.3) is 5.91 Å². The summed E-state index contributed by atoms with van der Waals surface area (Å²) in [6, 6.07) is 6.59. The van der Waals surface area contributed by atoms with Crippen molar-refractivity contribution in [3.8, 4) is 17.2 Å². The van der Waals surface area contributed by atoms with Crippen molar-refractivity contribution in [3.63, 3.8) is 0 Å². The molecule has 23 heavy (non-hydrogen) atoms. The van der Waals surface area contributed by atoms with Crippen LogP contribution < -0.4 is 19.6 Å². The van der Waals surface area contributed by atoms with Crippen molar-refractivity contribution in [3.05, 3.63) is 47.8 Å². The molecule has 0 spiro atoms. The summed E-state index contributed by atoms with van der Waals surface area (Å²) in [5.41, 5.74) is 3.55. The molecule has 7 nitrogen and oxygen atoms in total. The first kappa shape index (κ1) is 16.3. The molecule has 0 unspecified atom stereocenters. The first-order valence-corrected chi connectivity index (χ1v) is 6.73. The number of carbonyl (C=O) groups is 1. The Morgan fingerprint density at radius 2 is 1.65 bits per heavy atom. The van der Waals surface area contributed by atoms with E-state index in [0.29, 0.717) is 28.4 Å². The fourth-order valence-electron chi connectivity index (χ4n) is 1.88. The van der Waals surface area contributed by atoms with Gasteiger partial charge in [-0.25, -0.2) is 5.43 Å². The van der Waals surface area contributed by atoms with Crippen LogP contribution in [0.3, 0.4) is 0 Å². The molecule has 1 aromatic heterocycles. The maximum Gasteiger partial charge on any atom is 0.271 e. The second-order valence-electron chi connectivity index (χ2n) is 4.38.